The van der Waals surface area contributed by atoms with Crippen molar-refractivity contribution in [2.24, 2.45) is 5.14 Å². The Kier molecular flexibility index (Phi) is 19.8. The zero-order valence-corrected chi connectivity index (χ0v) is 57.1. The van der Waals surface area contributed by atoms with Crippen molar-refractivity contribution in [1.29, 1.82) is 5.26 Å². The van der Waals surface area contributed by atoms with E-state index in [1.807, 2.05) is 30.3 Å². The molecule has 12 aromatic rings. The first-order chi connectivity index (χ1) is 47.9. The number of esters is 1. The minimum atomic E-state index is -3.91. The molecule has 0 atom stereocenters. The van der Waals surface area contributed by atoms with Gasteiger partial charge in [-0.1, -0.05) is 52.9 Å². The van der Waals surface area contributed by atoms with Crippen LogP contribution in [0.15, 0.2) is 115 Å². The second-order valence-corrected chi connectivity index (χ2v) is 28.6. The number of terminal acetylenes is 1. The quantitative estimate of drug-likeness (QED) is 0.0265. The number of carboxylic acids is 1. The van der Waals surface area contributed by atoms with E-state index in [0.717, 1.165) is 56.7 Å². The molecule has 4 saturated carbocycles. The number of ether oxygens (including phenoxy) is 1. The SMILES string of the molecule is C#Cc1cnc(-c2ccc(C#N)s2)nc1Nc1cc(C2CC2)[nH]n1.COC(=O)c1ccc(-c2ncc(Cl)c(Nc3cc(C4CC4)[nH]n3)n2)s1.NS(=O)(=O)c1ccccc1-c1ncc(Cl)c(Nc2cc(C3CC3)[nH]n2)n1.O=C(O)c1ccc(-c2ncc(Cl)c(Nc3cc(C4CC4)[nH]n3)n2)s1.[HH]. The molecule has 502 valence electrons. The number of nitrogens with zero attached hydrogens (tertiary/aromatic N) is 13. The van der Waals surface area contributed by atoms with Crippen LogP contribution in [0.2, 0.25) is 15.1 Å². The van der Waals surface area contributed by atoms with Crippen LogP contribution < -0.4 is 26.4 Å². The summed E-state index contributed by atoms with van der Waals surface area (Å²) in [6.07, 6.45) is 21.0. The molecule has 1 aromatic carbocycles. The predicted octanol–water partition coefficient (Wildman–Crippen LogP) is 14.3. The van der Waals surface area contributed by atoms with Crippen molar-refractivity contribution in [2.75, 3.05) is 28.4 Å². The lowest BCUT2D eigenvalue weighted by atomic mass is 10.2. The zero-order chi connectivity index (χ0) is 68.9. The van der Waals surface area contributed by atoms with Gasteiger partial charge in [0.1, 0.15) is 35.8 Å². The Morgan fingerprint density at radius 1 is 0.576 bits per heavy atom. The molecular formula is C64H55Cl3N22O6S4. The van der Waals surface area contributed by atoms with Crippen molar-refractivity contribution >= 4 is 137 Å². The highest BCUT2D eigenvalue weighted by molar-refractivity contribution is 7.89. The van der Waals surface area contributed by atoms with Crippen molar-refractivity contribution in [3.63, 3.8) is 0 Å². The van der Waals surface area contributed by atoms with Gasteiger partial charge >= 0.3 is 11.9 Å². The van der Waals surface area contributed by atoms with E-state index < -0.39 is 16.0 Å². The molecule has 11 aromatic heterocycles. The number of halogens is 3. The molecule has 11 heterocycles. The van der Waals surface area contributed by atoms with E-state index in [4.69, 9.17) is 61.5 Å². The third kappa shape index (κ3) is 16.7. The number of hydrogen-bond acceptors (Lipinski definition) is 25. The summed E-state index contributed by atoms with van der Waals surface area (Å²) in [5.74, 6) is 9.45. The number of rotatable bonds is 19. The number of primary sulfonamides is 1. The summed E-state index contributed by atoms with van der Waals surface area (Å²) in [7, 11) is -2.56. The van der Waals surface area contributed by atoms with E-state index in [-0.39, 0.29) is 28.0 Å². The molecule has 4 aliphatic carbocycles. The normalized spacial score (nSPS) is 13.8. The highest BCUT2D eigenvalue weighted by Crippen LogP contribution is 2.43. The Labute approximate surface area is 591 Å². The fourth-order valence-electron chi connectivity index (χ4n) is 9.59. The number of carbonyl (C=O) groups excluding carboxylic acids is 1. The lowest BCUT2D eigenvalue weighted by Gasteiger charge is -2.09. The average Bonchev–Trinajstić information content (AvgIpc) is 1.78. The number of nitriles is 1. The highest BCUT2D eigenvalue weighted by Gasteiger charge is 2.29. The van der Waals surface area contributed by atoms with Crippen molar-refractivity contribution in [2.45, 2.75) is 79.9 Å². The van der Waals surface area contributed by atoms with E-state index in [1.54, 1.807) is 48.7 Å². The maximum Gasteiger partial charge on any atom is 0.348 e. The number of benzene rings is 1. The standard InChI is InChI=1S/C17H12N6S.C16H15ClN6O2S.C16H14ClN5O2S.C15H12ClN5O2S.H2/c1-2-10-9-19-17(14-6-5-12(8-18)24-14)21-16(10)20-15-7-13(22-23-15)11-3-4-11;17-11-8-19-15(10-3-1-2-4-13(10)26(18,24)25)21-16(11)20-14-7-12(22-23-14)9-5-6-9;1-24-16(23)12-5-4-11(25-12)15-18-7-9(17)14(20-15)19-13-6-10(21-22-13)8-2-3-8;16-8-6-17-14(10-3-4-11(24-10)15(22)23)19-13(8)18-12-5-9(20-21-12)7-1-2-7;/h1,5-7,9,11H,3-4H2,(H2,19,20,21,22,23);1-4,7-9H,5-6H2,(H2,18,24,25)(H2,19,20,21,22,23);4-8H,2-3H2,1H3,(H2,18,19,20,21,22);3-7H,1-2H2,(H,22,23)(H2,17,18,19,20,21);1H. The third-order valence-corrected chi connectivity index (χ3v) is 20.2. The zero-order valence-electron chi connectivity index (χ0n) is 51.6. The smallest absolute Gasteiger partial charge is 0.348 e. The maximum atomic E-state index is 11.8. The van der Waals surface area contributed by atoms with Gasteiger partial charge in [-0.25, -0.2) is 63.0 Å². The van der Waals surface area contributed by atoms with Crippen LogP contribution in [0.1, 0.15) is 129 Å². The van der Waals surface area contributed by atoms with Gasteiger partial charge in [-0.2, -0.15) is 25.7 Å². The van der Waals surface area contributed by atoms with Gasteiger partial charge in [-0.05, 0) is 99.9 Å². The van der Waals surface area contributed by atoms with Crippen molar-refractivity contribution in [3.05, 3.63) is 168 Å². The number of aromatic nitrogens is 16. The molecule has 16 rings (SSSR count). The Morgan fingerprint density at radius 3 is 1.36 bits per heavy atom. The van der Waals surface area contributed by atoms with E-state index in [9.17, 15) is 18.0 Å². The molecule has 4 aliphatic rings. The Bertz CT molecular complexity index is 5200. The molecule has 11 N–H and O–H groups in total. The van der Waals surface area contributed by atoms with Gasteiger partial charge in [0.15, 0.2) is 69.8 Å². The van der Waals surface area contributed by atoms with Crippen LogP contribution in [0.3, 0.4) is 0 Å². The maximum absolute atomic E-state index is 11.8. The van der Waals surface area contributed by atoms with Gasteiger partial charge in [-0.3, -0.25) is 20.4 Å². The molecule has 0 aliphatic heterocycles. The van der Waals surface area contributed by atoms with Gasteiger partial charge in [0, 0.05) is 83.9 Å². The molecular weight excluding hydrogens is 1410 g/mol. The molecule has 35 heteroatoms. The number of anilines is 8. The molecule has 0 amide bonds. The first kappa shape index (κ1) is 67.0. The van der Waals surface area contributed by atoms with Crippen LogP contribution in [-0.2, 0) is 14.8 Å². The van der Waals surface area contributed by atoms with E-state index >= 15 is 0 Å². The molecule has 0 unspecified atom stereocenters. The summed E-state index contributed by atoms with van der Waals surface area (Å²) in [6.45, 7) is 0. The first-order valence-electron chi connectivity index (χ1n) is 30.3. The number of aromatic carboxylic acids is 1. The summed E-state index contributed by atoms with van der Waals surface area (Å²) in [5.41, 5.74) is 5.28. The minimum absolute atomic E-state index is 0. The molecule has 0 spiro atoms. The number of carboxylic acid groups (broad SMARTS) is 1. The number of methoxy groups -OCH3 is 1. The predicted molar refractivity (Wildman–Crippen MR) is 378 cm³/mol. The number of sulfonamides is 1. The second-order valence-electron chi connectivity index (χ2n) is 22.6. The molecule has 0 bridgehead atoms. The van der Waals surface area contributed by atoms with Crippen LogP contribution in [-0.4, -0.2) is 113 Å². The van der Waals surface area contributed by atoms with Crippen molar-refractivity contribution in [1.82, 2.24) is 80.7 Å². The van der Waals surface area contributed by atoms with Gasteiger partial charge in [0.25, 0.3) is 0 Å². The van der Waals surface area contributed by atoms with E-state index in [2.05, 4.69) is 114 Å². The molecule has 0 radical (unpaired) electrons. The van der Waals surface area contributed by atoms with Crippen LogP contribution >= 0.6 is 68.8 Å². The molecule has 99 heavy (non-hydrogen) atoms. The van der Waals surface area contributed by atoms with Crippen LogP contribution in [0.4, 0.5) is 46.5 Å². The fourth-order valence-corrected chi connectivity index (χ4v) is 13.1. The summed E-state index contributed by atoms with van der Waals surface area (Å²) < 4.78 is 28.3. The molecule has 4 fully saturated rings. The summed E-state index contributed by atoms with van der Waals surface area (Å²) in [5, 5.41) is 65.7. The summed E-state index contributed by atoms with van der Waals surface area (Å²) >= 11 is 22.2. The summed E-state index contributed by atoms with van der Waals surface area (Å²) in [6, 6.07) is 26.5. The second kappa shape index (κ2) is 29.3. The highest BCUT2D eigenvalue weighted by atomic mass is 35.5. The molecule has 0 saturated heterocycles. The van der Waals surface area contributed by atoms with Crippen molar-refractivity contribution < 1.29 is 29.3 Å². The van der Waals surface area contributed by atoms with E-state index in [1.165, 1.54) is 99.0 Å². The van der Waals surface area contributed by atoms with Gasteiger partial charge in [0.05, 0.1) is 50.8 Å². The van der Waals surface area contributed by atoms with Crippen molar-refractivity contribution in [3.8, 4) is 61.9 Å². The number of carbonyl (C=O) groups is 2. The first-order valence-corrected chi connectivity index (χ1v) is 35.4. The lowest BCUT2D eigenvalue weighted by molar-refractivity contribution is 0.0605. The van der Waals surface area contributed by atoms with Crippen LogP contribution in [0.25, 0.3) is 43.5 Å². The summed E-state index contributed by atoms with van der Waals surface area (Å²) in [4.78, 5) is 60.7. The van der Waals surface area contributed by atoms with Gasteiger partial charge in [-0.15, -0.1) is 40.4 Å². The number of hydrogen-bond donors (Lipinski definition) is 10. The van der Waals surface area contributed by atoms with Gasteiger partial charge in [0.2, 0.25) is 10.0 Å². The topological polar surface area (TPSA) is 414 Å². The number of nitrogens with one attached hydrogen (secondary N) is 8. The number of aromatic amines is 4. The number of thiophene rings is 3. The average molecular weight is 1460 g/mol. The van der Waals surface area contributed by atoms with E-state index in [0.29, 0.717) is 123 Å². The van der Waals surface area contributed by atoms with Crippen LogP contribution in [0, 0.1) is 23.7 Å². The van der Waals surface area contributed by atoms with Gasteiger partial charge < -0.3 is 31.1 Å². The fraction of sp³-hybridized carbons (Fsp3) is 0.203. The Morgan fingerprint density at radius 2 is 0.960 bits per heavy atom. The number of H-pyrrole nitrogens is 4. The third-order valence-electron chi connectivity index (χ3n) is 15.2. The lowest BCUT2D eigenvalue weighted by Crippen LogP contribution is -2.14. The Balaban J connectivity index is 0.000000126. The Hall–Kier alpha value is -10.6. The van der Waals surface area contributed by atoms with Crippen LogP contribution in [0.5, 0.6) is 0 Å². The largest absolute Gasteiger partial charge is 0.477 e. The monoisotopic (exact) mass is 1460 g/mol. The minimum Gasteiger partial charge on any atom is -0.477 e. The number of nitrogens with two attached hydrogens (primary N) is 1. The molecule has 28 nitrogen and oxygen atoms in total.